The molecule has 1 saturated heterocycles. The molecule has 2 aromatic carbocycles. The van der Waals surface area contributed by atoms with Crippen LogP contribution in [0.4, 0.5) is 5.69 Å². The molecule has 0 amide bonds. The van der Waals surface area contributed by atoms with E-state index in [1.54, 1.807) is 18.5 Å². The van der Waals surface area contributed by atoms with Crippen molar-refractivity contribution in [1.29, 1.82) is 0 Å². The summed E-state index contributed by atoms with van der Waals surface area (Å²) in [6.07, 6.45) is 7.48. The maximum absolute atomic E-state index is 13.6. The topological polar surface area (TPSA) is 84.7 Å². The van der Waals surface area contributed by atoms with Gasteiger partial charge in [0.1, 0.15) is 16.7 Å². The number of nitrogens with zero attached hydrogens (tertiary/aromatic N) is 4. The minimum atomic E-state index is -1.36. The van der Waals surface area contributed by atoms with E-state index >= 15 is 0 Å². The maximum Gasteiger partial charge on any atom is 0.316 e. The first-order valence-electron chi connectivity index (χ1n) is 12.6. The molecule has 37 heavy (non-hydrogen) atoms. The average Bonchev–Trinajstić information content (AvgIpc) is 3.43. The number of piperazine rings is 1. The second kappa shape index (κ2) is 11.3. The molecule has 8 nitrogen and oxygen atoms in total. The van der Waals surface area contributed by atoms with Gasteiger partial charge in [-0.25, -0.2) is 8.51 Å². The second-order valence-corrected chi connectivity index (χ2v) is 12.3. The molecule has 1 aliphatic heterocycles. The maximum atomic E-state index is 13.6. The number of anilines is 1. The van der Waals surface area contributed by atoms with E-state index in [0.717, 1.165) is 31.2 Å². The van der Waals surface area contributed by atoms with Crippen LogP contribution in [0.5, 0.6) is 5.75 Å². The standard InChI is InChI=1S/C27H32N4O4S2/c1-20-12-13-23(36(2)33)18-25(20)37(34)30-16-14-29(15-17-30)24-19-28-31(21-8-4-3-5-9-21)27(32)26(24)35-22-10-6-7-11-22/h3-5,8-9,12-13,18-19,22H,6-7,10-11,14-17H2,1-2H3. The van der Waals surface area contributed by atoms with Crippen molar-refractivity contribution in [2.24, 2.45) is 0 Å². The number of rotatable bonds is 7. The van der Waals surface area contributed by atoms with E-state index in [1.807, 2.05) is 53.7 Å². The Kier molecular flexibility index (Phi) is 7.87. The highest BCUT2D eigenvalue weighted by atomic mass is 32.2. The zero-order valence-electron chi connectivity index (χ0n) is 21.2. The smallest absolute Gasteiger partial charge is 0.316 e. The van der Waals surface area contributed by atoms with E-state index in [2.05, 4.69) is 10.00 Å². The predicted octanol–water partition coefficient (Wildman–Crippen LogP) is 3.44. The third-order valence-electron chi connectivity index (χ3n) is 7.00. The van der Waals surface area contributed by atoms with Crippen LogP contribution in [0.2, 0.25) is 0 Å². The number of ether oxygens (including phenoxy) is 1. The summed E-state index contributed by atoms with van der Waals surface area (Å²) in [6, 6.07) is 14.9. The minimum Gasteiger partial charge on any atom is -0.483 e. The predicted molar refractivity (Wildman–Crippen MR) is 146 cm³/mol. The largest absolute Gasteiger partial charge is 0.483 e. The van der Waals surface area contributed by atoms with E-state index in [-0.39, 0.29) is 11.7 Å². The van der Waals surface area contributed by atoms with Gasteiger partial charge in [-0.1, -0.05) is 24.3 Å². The molecule has 1 aliphatic carbocycles. The van der Waals surface area contributed by atoms with Crippen LogP contribution in [-0.4, -0.2) is 61.0 Å². The minimum absolute atomic E-state index is 0.0336. The van der Waals surface area contributed by atoms with Crippen molar-refractivity contribution in [2.45, 2.75) is 48.5 Å². The summed E-state index contributed by atoms with van der Waals surface area (Å²) in [4.78, 5) is 17.0. The van der Waals surface area contributed by atoms with E-state index in [4.69, 9.17) is 4.74 Å². The van der Waals surface area contributed by atoms with E-state index in [9.17, 15) is 13.2 Å². The number of aryl methyl sites for hydroxylation is 1. The van der Waals surface area contributed by atoms with Gasteiger partial charge in [0.25, 0.3) is 0 Å². The summed E-state index contributed by atoms with van der Waals surface area (Å²) in [5.74, 6) is 0.342. The van der Waals surface area contributed by atoms with Gasteiger partial charge in [0.2, 0.25) is 5.75 Å². The summed E-state index contributed by atoms with van der Waals surface area (Å²) in [7, 11) is -2.50. The first-order chi connectivity index (χ1) is 17.9. The third kappa shape index (κ3) is 5.56. The van der Waals surface area contributed by atoms with Crippen molar-refractivity contribution in [3.63, 3.8) is 0 Å². The highest BCUT2D eigenvalue weighted by Gasteiger charge is 2.28. The van der Waals surface area contributed by atoms with Gasteiger partial charge in [0, 0.05) is 48.1 Å². The molecule has 2 fully saturated rings. The molecule has 2 atom stereocenters. The Labute approximate surface area is 222 Å². The van der Waals surface area contributed by atoms with Crippen LogP contribution in [-0.2, 0) is 21.8 Å². The molecular weight excluding hydrogens is 508 g/mol. The van der Waals surface area contributed by atoms with Gasteiger partial charge < -0.3 is 9.64 Å². The molecule has 2 aliphatic rings. The lowest BCUT2D eigenvalue weighted by atomic mass is 10.2. The first-order valence-corrected chi connectivity index (χ1v) is 15.3. The molecule has 2 heterocycles. The quantitative estimate of drug-likeness (QED) is 0.457. The SMILES string of the molecule is Cc1ccc(S(C)=O)cc1S(=O)N1CCN(c2cnn(-c3ccccc3)c(=O)c2OC2CCCC2)CC1. The molecule has 0 spiro atoms. The number of benzene rings is 2. The lowest BCUT2D eigenvalue weighted by Gasteiger charge is -2.36. The second-order valence-electron chi connectivity index (χ2n) is 9.48. The Morgan fingerprint density at radius 2 is 1.68 bits per heavy atom. The summed E-state index contributed by atoms with van der Waals surface area (Å²) in [6.45, 7) is 4.20. The highest BCUT2D eigenvalue weighted by Crippen LogP contribution is 2.31. The van der Waals surface area contributed by atoms with Crippen molar-refractivity contribution < 1.29 is 13.2 Å². The summed E-state index contributed by atoms with van der Waals surface area (Å²) in [5.41, 5.74) is 2.03. The fourth-order valence-electron chi connectivity index (χ4n) is 4.87. The zero-order valence-corrected chi connectivity index (χ0v) is 22.8. The molecular formula is C27H32N4O4S2. The highest BCUT2D eigenvalue weighted by molar-refractivity contribution is 7.84. The number of hydrogen-bond donors (Lipinski definition) is 0. The molecule has 196 valence electrons. The first kappa shape index (κ1) is 25.8. The number of aromatic nitrogens is 2. The van der Waals surface area contributed by atoms with Crippen LogP contribution in [0.15, 0.2) is 69.3 Å². The van der Waals surface area contributed by atoms with Gasteiger partial charge in [-0.2, -0.15) is 9.78 Å². The van der Waals surface area contributed by atoms with Crippen LogP contribution in [0, 0.1) is 6.92 Å². The normalized spacial score (nSPS) is 18.6. The molecule has 0 radical (unpaired) electrons. The van der Waals surface area contributed by atoms with Crippen molar-refractivity contribution in [2.75, 3.05) is 37.3 Å². The Bertz CT molecular complexity index is 1360. The fraction of sp³-hybridized carbons (Fsp3) is 0.407. The average molecular weight is 541 g/mol. The van der Waals surface area contributed by atoms with Gasteiger partial charge in [-0.3, -0.25) is 9.00 Å². The lowest BCUT2D eigenvalue weighted by Crippen LogP contribution is -2.47. The van der Waals surface area contributed by atoms with Crippen LogP contribution in [0.1, 0.15) is 31.2 Å². The van der Waals surface area contributed by atoms with Gasteiger partial charge >= 0.3 is 5.56 Å². The van der Waals surface area contributed by atoms with Crippen LogP contribution < -0.4 is 15.2 Å². The van der Waals surface area contributed by atoms with Gasteiger partial charge in [-0.05, 0) is 62.4 Å². The van der Waals surface area contributed by atoms with E-state index < -0.39 is 21.8 Å². The summed E-state index contributed by atoms with van der Waals surface area (Å²) < 4.78 is 35.0. The molecule has 0 bridgehead atoms. The number of hydrogen-bond acceptors (Lipinski definition) is 6. The number of para-hydroxylation sites is 1. The van der Waals surface area contributed by atoms with E-state index in [1.165, 1.54) is 4.68 Å². The third-order valence-corrected chi connectivity index (χ3v) is 9.56. The Hall–Kier alpha value is -2.82. The molecule has 1 aromatic heterocycles. The van der Waals surface area contributed by atoms with Crippen LogP contribution >= 0.6 is 0 Å². The molecule has 3 aromatic rings. The van der Waals surface area contributed by atoms with Gasteiger partial charge in [0.15, 0.2) is 0 Å². The van der Waals surface area contributed by atoms with Gasteiger partial charge in [0.05, 0.1) is 22.9 Å². The molecule has 10 heteroatoms. The zero-order chi connectivity index (χ0) is 25.9. The fourth-order valence-corrected chi connectivity index (χ4v) is 6.83. The molecule has 1 saturated carbocycles. The van der Waals surface area contributed by atoms with Crippen LogP contribution in [0.3, 0.4) is 0 Å². The van der Waals surface area contributed by atoms with E-state index in [0.29, 0.717) is 53.1 Å². The lowest BCUT2D eigenvalue weighted by molar-refractivity contribution is 0.205. The summed E-state index contributed by atoms with van der Waals surface area (Å²) in [5, 5.41) is 4.48. The molecule has 2 unspecified atom stereocenters. The van der Waals surface area contributed by atoms with Crippen LogP contribution in [0.25, 0.3) is 5.69 Å². The molecule has 0 N–H and O–H groups in total. The molecule has 5 rings (SSSR count). The summed E-state index contributed by atoms with van der Waals surface area (Å²) >= 11 is 0. The Morgan fingerprint density at radius 1 is 0.973 bits per heavy atom. The Morgan fingerprint density at radius 3 is 2.35 bits per heavy atom. The Balaban J connectivity index is 1.38. The van der Waals surface area contributed by atoms with Crippen molar-refractivity contribution in [1.82, 2.24) is 14.1 Å². The van der Waals surface area contributed by atoms with Crippen molar-refractivity contribution >= 4 is 27.5 Å². The van der Waals surface area contributed by atoms with Gasteiger partial charge in [-0.15, -0.1) is 0 Å². The van der Waals surface area contributed by atoms with Crippen molar-refractivity contribution in [3.05, 3.63) is 70.6 Å². The monoisotopic (exact) mass is 540 g/mol. The van der Waals surface area contributed by atoms with Crippen molar-refractivity contribution in [3.8, 4) is 11.4 Å².